The van der Waals surface area contributed by atoms with Crippen LogP contribution < -0.4 is 10.1 Å². The Morgan fingerprint density at radius 1 is 0.971 bits per heavy atom. The van der Waals surface area contributed by atoms with Crippen molar-refractivity contribution in [3.63, 3.8) is 0 Å². The van der Waals surface area contributed by atoms with Crippen molar-refractivity contribution in [2.75, 3.05) is 12.4 Å². The van der Waals surface area contributed by atoms with Crippen LogP contribution in [0.15, 0.2) is 66.7 Å². The molecule has 0 heterocycles. The van der Waals surface area contributed by atoms with Crippen molar-refractivity contribution in [3.05, 3.63) is 93.5 Å². The lowest BCUT2D eigenvalue weighted by Gasteiger charge is -2.45. The Labute approximate surface area is 209 Å². The average Bonchev–Trinajstić information content (AvgIpc) is 3.15. The van der Waals surface area contributed by atoms with Crippen LogP contribution in [0.2, 0.25) is 10.0 Å². The molecule has 34 heavy (non-hydrogen) atoms. The van der Waals surface area contributed by atoms with E-state index in [-0.39, 0.29) is 5.41 Å². The van der Waals surface area contributed by atoms with Crippen molar-refractivity contribution >= 4 is 46.5 Å². The molecule has 0 unspecified atom stereocenters. The summed E-state index contributed by atoms with van der Waals surface area (Å²) in [6.45, 7) is 0. The van der Waals surface area contributed by atoms with Gasteiger partial charge in [0.25, 0.3) is 0 Å². The Hall–Kier alpha value is -2.95. The lowest BCUT2D eigenvalue weighted by molar-refractivity contribution is -0.143. The quantitative estimate of drug-likeness (QED) is 0.391. The third-order valence-electron chi connectivity index (χ3n) is 7.33. The van der Waals surface area contributed by atoms with Crippen LogP contribution in [0.5, 0.6) is 5.75 Å². The van der Waals surface area contributed by atoms with E-state index in [2.05, 4.69) is 29.6 Å². The van der Waals surface area contributed by atoms with Gasteiger partial charge in [-0.25, -0.2) is 4.79 Å². The molecule has 174 valence electrons. The molecule has 1 spiro atoms. The van der Waals surface area contributed by atoms with Gasteiger partial charge in [-0.1, -0.05) is 59.6 Å². The van der Waals surface area contributed by atoms with E-state index < -0.39 is 11.5 Å². The molecule has 1 fully saturated rings. The van der Waals surface area contributed by atoms with Gasteiger partial charge in [-0.3, -0.25) is 0 Å². The molecule has 4 nitrogen and oxygen atoms in total. The maximum absolute atomic E-state index is 12.5. The van der Waals surface area contributed by atoms with Gasteiger partial charge in [-0.05, 0) is 84.4 Å². The number of carboxylic acids is 1. The minimum absolute atomic E-state index is 0.274. The van der Waals surface area contributed by atoms with Crippen molar-refractivity contribution in [3.8, 4) is 5.75 Å². The van der Waals surface area contributed by atoms with Crippen LogP contribution in [0.25, 0.3) is 11.6 Å². The van der Waals surface area contributed by atoms with Crippen LogP contribution in [0.3, 0.4) is 0 Å². The Bertz CT molecular complexity index is 1290. The summed E-state index contributed by atoms with van der Waals surface area (Å²) in [5, 5.41) is 14.7. The summed E-state index contributed by atoms with van der Waals surface area (Å²) in [4.78, 5) is 12.5. The number of rotatable bonds is 5. The van der Waals surface area contributed by atoms with Crippen molar-refractivity contribution < 1.29 is 14.6 Å². The number of nitrogens with one attached hydrogen (secondary N) is 1. The number of anilines is 1. The molecule has 2 aliphatic carbocycles. The first-order valence-electron chi connectivity index (χ1n) is 11.3. The monoisotopic (exact) mass is 493 g/mol. The van der Waals surface area contributed by atoms with Gasteiger partial charge in [0.2, 0.25) is 0 Å². The molecule has 1 saturated carbocycles. The van der Waals surface area contributed by atoms with Gasteiger partial charge in [-0.15, -0.1) is 0 Å². The van der Waals surface area contributed by atoms with E-state index in [0.717, 1.165) is 11.3 Å². The van der Waals surface area contributed by atoms with Crippen molar-refractivity contribution in [1.29, 1.82) is 0 Å². The zero-order valence-electron chi connectivity index (χ0n) is 18.8. The van der Waals surface area contributed by atoms with Crippen LogP contribution in [-0.2, 0) is 10.2 Å². The molecule has 0 bridgehead atoms. The minimum Gasteiger partial charge on any atom is -0.495 e. The van der Waals surface area contributed by atoms with Crippen LogP contribution in [-0.4, -0.2) is 23.7 Å². The fourth-order valence-electron chi connectivity index (χ4n) is 5.57. The molecule has 6 heteroatoms. The van der Waals surface area contributed by atoms with Gasteiger partial charge in [-0.2, -0.15) is 0 Å². The summed E-state index contributed by atoms with van der Waals surface area (Å²) in [6, 6.07) is 21.5. The van der Waals surface area contributed by atoms with Gasteiger partial charge in [0.1, 0.15) is 11.3 Å². The Balaban J connectivity index is 1.52. The molecule has 3 aromatic carbocycles. The third-order valence-corrected chi connectivity index (χ3v) is 7.86. The second-order valence-electron chi connectivity index (χ2n) is 9.10. The second kappa shape index (κ2) is 8.68. The topological polar surface area (TPSA) is 58.6 Å². The zero-order chi connectivity index (χ0) is 23.9. The van der Waals surface area contributed by atoms with E-state index in [0.29, 0.717) is 41.5 Å². The average molecular weight is 494 g/mol. The number of benzene rings is 3. The minimum atomic E-state index is -1.06. The molecule has 5 rings (SSSR count). The fourth-order valence-corrected chi connectivity index (χ4v) is 6.02. The van der Waals surface area contributed by atoms with Gasteiger partial charge >= 0.3 is 5.97 Å². The molecule has 0 amide bonds. The predicted octanol–water partition coefficient (Wildman–Crippen LogP) is 7.30. The molecular formula is C28H25Cl2NO3. The highest BCUT2D eigenvalue weighted by molar-refractivity contribution is 6.32. The SMILES string of the molecule is COc1ccc(C2=Cc3ccccc3C23CCC(Nc2cccc(Cl)c2)(C(=O)O)CC3)cc1Cl. The van der Waals surface area contributed by atoms with E-state index in [1.54, 1.807) is 19.2 Å². The molecule has 3 aromatic rings. The Kier molecular flexibility index (Phi) is 5.83. The van der Waals surface area contributed by atoms with Gasteiger partial charge in [0, 0.05) is 16.1 Å². The Morgan fingerprint density at radius 2 is 1.74 bits per heavy atom. The Morgan fingerprint density at radius 3 is 2.41 bits per heavy atom. The predicted molar refractivity (Wildman–Crippen MR) is 138 cm³/mol. The number of carbonyl (C=O) groups is 1. The van der Waals surface area contributed by atoms with Gasteiger partial charge < -0.3 is 15.2 Å². The molecular weight excluding hydrogens is 469 g/mol. The lowest BCUT2D eigenvalue weighted by atomic mass is 9.61. The highest BCUT2D eigenvalue weighted by Gasteiger charge is 2.51. The number of methoxy groups -OCH3 is 1. The molecule has 2 aliphatic rings. The number of halogens is 2. The molecule has 0 atom stereocenters. The van der Waals surface area contributed by atoms with Crippen LogP contribution >= 0.6 is 23.2 Å². The summed E-state index contributed by atoms with van der Waals surface area (Å²) < 4.78 is 5.35. The van der Waals surface area contributed by atoms with E-state index in [4.69, 9.17) is 27.9 Å². The summed E-state index contributed by atoms with van der Waals surface area (Å²) >= 11 is 12.6. The molecule has 0 radical (unpaired) electrons. The van der Waals surface area contributed by atoms with Gasteiger partial charge in [0.05, 0.1) is 12.1 Å². The highest BCUT2D eigenvalue weighted by Crippen LogP contribution is 2.57. The van der Waals surface area contributed by atoms with E-state index in [9.17, 15) is 9.90 Å². The third kappa shape index (κ3) is 3.75. The van der Waals surface area contributed by atoms with Crippen molar-refractivity contribution in [2.24, 2.45) is 0 Å². The summed E-state index contributed by atoms with van der Waals surface area (Å²) in [6.07, 6.45) is 4.57. The number of allylic oxidation sites excluding steroid dienone is 1. The summed E-state index contributed by atoms with van der Waals surface area (Å²) in [5.74, 6) is -0.207. The number of hydrogen-bond donors (Lipinski definition) is 2. The molecule has 2 N–H and O–H groups in total. The lowest BCUT2D eigenvalue weighted by Crippen LogP contribution is -2.52. The first kappa shape index (κ1) is 22.8. The van der Waals surface area contributed by atoms with Gasteiger partial charge in [0.15, 0.2) is 0 Å². The van der Waals surface area contributed by atoms with Crippen molar-refractivity contribution in [2.45, 2.75) is 36.6 Å². The van der Waals surface area contributed by atoms with E-state index in [1.165, 1.54) is 16.7 Å². The number of carboxylic acid groups (broad SMARTS) is 1. The fraction of sp³-hybridized carbons (Fsp3) is 0.250. The number of ether oxygens (including phenoxy) is 1. The maximum Gasteiger partial charge on any atom is 0.329 e. The first-order chi connectivity index (χ1) is 16.4. The molecule has 0 aromatic heterocycles. The first-order valence-corrected chi connectivity index (χ1v) is 12.1. The summed E-state index contributed by atoms with van der Waals surface area (Å²) in [5.41, 5.74) is 4.02. The van der Waals surface area contributed by atoms with Crippen LogP contribution in [0, 0.1) is 0 Å². The van der Waals surface area contributed by atoms with Crippen LogP contribution in [0.4, 0.5) is 5.69 Å². The largest absolute Gasteiger partial charge is 0.495 e. The van der Waals surface area contributed by atoms with E-state index >= 15 is 0 Å². The van der Waals surface area contributed by atoms with E-state index in [1.807, 2.05) is 36.4 Å². The normalized spacial score (nSPS) is 23.3. The second-order valence-corrected chi connectivity index (χ2v) is 9.94. The molecule has 0 aliphatic heterocycles. The number of aliphatic carboxylic acids is 1. The maximum atomic E-state index is 12.5. The smallest absolute Gasteiger partial charge is 0.329 e. The number of fused-ring (bicyclic) bond motifs is 2. The van der Waals surface area contributed by atoms with Crippen LogP contribution in [0.1, 0.15) is 42.4 Å². The number of hydrogen-bond acceptors (Lipinski definition) is 3. The molecule has 0 saturated heterocycles. The van der Waals surface area contributed by atoms with Crippen molar-refractivity contribution in [1.82, 2.24) is 0 Å². The highest BCUT2D eigenvalue weighted by atomic mass is 35.5. The standard InChI is InChI=1S/C28H25Cl2NO3/c1-34-25-10-9-19(16-24(25)30)23-15-18-5-2-3-8-22(18)27(23)11-13-28(14-12-27,26(32)33)31-21-7-4-6-20(29)17-21/h2-10,15-17,31H,11-14H2,1H3,(H,32,33). The zero-order valence-corrected chi connectivity index (χ0v) is 20.3. The summed E-state index contributed by atoms with van der Waals surface area (Å²) in [7, 11) is 1.60.